The summed E-state index contributed by atoms with van der Waals surface area (Å²) in [5.41, 5.74) is 0. The minimum Gasteiger partial charge on any atom is 0.316 e. The van der Waals surface area contributed by atoms with Crippen molar-refractivity contribution in [3.05, 3.63) is 0 Å². The van der Waals surface area contributed by atoms with Gasteiger partial charge in [0, 0.05) is 0 Å². The first-order chi connectivity index (χ1) is 1.00. The van der Waals surface area contributed by atoms with Gasteiger partial charge in [-0.3, -0.25) is 0 Å². The third kappa shape index (κ3) is 10.1. The van der Waals surface area contributed by atoms with Crippen LogP contribution in [0.1, 0.15) is 0 Å². The van der Waals surface area contributed by atoms with Crippen LogP contribution < -0.4 is 0 Å². The average molecular weight is 80.4 g/mol. The van der Waals surface area contributed by atoms with E-state index in [9.17, 15) is 0 Å². The van der Waals surface area contributed by atoms with Crippen LogP contribution in [0.5, 0.6) is 0 Å². The van der Waals surface area contributed by atoms with E-state index in [1.54, 1.807) is 0 Å². The van der Waals surface area contributed by atoms with Gasteiger partial charge in [0.1, 0.15) is 0 Å². The average Bonchev–Trinajstić information content (AvgIpc) is 1.00. The largest absolute Gasteiger partial charge is 0.316 e. The molecule has 0 spiro atoms. The first-order valence-corrected chi connectivity index (χ1v) is 0.866. The molecule has 4 heavy (non-hydrogen) atoms. The summed E-state index contributed by atoms with van der Waals surface area (Å²) >= 11 is 0. The Labute approximate surface area is 56.3 Å². The van der Waals surface area contributed by atoms with Gasteiger partial charge in [-0.15, -0.1) is 0 Å². The molecule has 0 N–H and O–H groups in total. The maximum Gasteiger partial charge on any atom is 0.316 e. The molecule has 0 aliphatic rings. The standard InChI is InChI=1S/Li.Mg.H2OSi.3H/c;;1-2;;;/h;;2H2;;;. The molecule has 0 radical (unpaired) electrons. The first-order valence-electron chi connectivity index (χ1n) is 0.289. The summed E-state index contributed by atoms with van der Waals surface area (Å²) < 4.78 is 8.28. The van der Waals surface area contributed by atoms with Gasteiger partial charge < -0.3 is 4.46 Å². The molecule has 0 aromatic rings. The Morgan fingerprint density at radius 1 is 1.25 bits per heavy atom. The van der Waals surface area contributed by atoms with Crippen LogP contribution in [0.25, 0.3) is 0 Å². The fourth-order valence-electron chi connectivity index (χ4n) is 0. The molecular formula is H5LiMgOSi. The van der Waals surface area contributed by atoms with Gasteiger partial charge in [0.05, 0.1) is 0 Å². The van der Waals surface area contributed by atoms with Crippen LogP contribution in [-0.2, 0) is 4.46 Å². The fraction of sp³-hybridized carbons (Fsp3) is 0. The molecule has 0 aliphatic carbocycles. The summed E-state index contributed by atoms with van der Waals surface area (Å²) in [6.45, 7) is 0. The van der Waals surface area contributed by atoms with Gasteiger partial charge in [-0.25, -0.2) is 0 Å². The van der Waals surface area contributed by atoms with Crippen LogP contribution in [0.4, 0.5) is 0 Å². The smallest absolute Gasteiger partial charge is 0.316 e. The van der Waals surface area contributed by atoms with Gasteiger partial charge in [0.2, 0.25) is 10.1 Å². The zero-order chi connectivity index (χ0) is 2.00. The van der Waals surface area contributed by atoms with E-state index in [2.05, 4.69) is 0 Å². The summed E-state index contributed by atoms with van der Waals surface area (Å²) in [4.78, 5) is 0. The quantitative estimate of drug-likeness (QED) is 0.292. The molecule has 0 fully saturated rings. The monoisotopic (exact) mass is 80.0 g/mol. The molecule has 0 aliphatic heterocycles. The molecule has 0 saturated heterocycles. The van der Waals surface area contributed by atoms with Crippen LogP contribution in [0.15, 0.2) is 0 Å². The molecule has 18 valence electrons. The molecule has 0 aromatic heterocycles. The molecule has 0 unspecified atom stereocenters. The second kappa shape index (κ2) is 26.3. The van der Waals surface area contributed by atoms with Crippen LogP contribution in [0.3, 0.4) is 0 Å². The maximum atomic E-state index is 8.28. The molecule has 0 aromatic carbocycles. The molecule has 4 heteroatoms. The zero-order valence-corrected chi connectivity index (χ0v) is 2.53. The molecule has 0 atom stereocenters. The van der Waals surface area contributed by atoms with Gasteiger partial charge in [0.25, 0.3) is 0 Å². The summed E-state index contributed by atoms with van der Waals surface area (Å²) in [7, 11) is 0.611. The van der Waals surface area contributed by atoms with Gasteiger partial charge in [-0.05, 0) is 0 Å². The van der Waals surface area contributed by atoms with Crippen molar-refractivity contribution in [2.75, 3.05) is 0 Å². The van der Waals surface area contributed by atoms with Crippen molar-refractivity contribution in [1.29, 1.82) is 0 Å². The van der Waals surface area contributed by atoms with E-state index in [-0.39, 0.29) is 41.9 Å². The SMILES string of the molecule is O=[SiH2].[LiH].[MgH2]. The van der Waals surface area contributed by atoms with Gasteiger partial charge in [-0.1, -0.05) is 0 Å². The fourth-order valence-corrected chi connectivity index (χ4v) is 0. The van der Waals surface area contributed by atoms with Crippen molar-refractivity contribution >= 4 is 52.0 Å². The van der Waals surface area contributed by atoms with E-state index in [1.165, 1.54) is 0 Å². The molecule has 1 nitrogen and oxygen atoms in total. The summed E-state index contributed by atoms with van der Waals surface area (Å²) in [6, 6.07) is 0. The first kappa shape index (κ1) is 18.2. The molecule has 0 rings (SSSR count). The number of hydrogen-bond donors (Lipinski definition) is 0. The van der Waals surface area contributed by atoms with E-state index in [1.807, 2.05) is 0 Å². The van der Waals surface area contributed by atoms with Crippen molar-refractivity contribution in [3.63, 3.8) is 0 Å². The molecule has 0 bridgehead atoms. The van der Waals surface area contributed by atoms with Crippen molar-refractivity contribution in [2.45, 2.75) is 0 Å². The third-order valence-corrected chi connectivity index (χ3v) is 0. The Bertz CT molecular complexity index is 8.00. The van der Waals surface area contributed by atoms with Crippen LogP contribution in [-0.4, -0.2) is 52.0 Å². The Morgan fingerprint density at radius 3 is 1.25 bits per heavy atom. The zero-order valence-electron chi connectivity index (χ0n) is 1.12. The maximum absolute atomic E-state index is 8.28. The van der Waals surface area contributed by atoms with Crippen molar-refractivity contribution in [2.24, 2.45) is 0 Å². The van der Waals surface area contributed by atoms with Gasteiger partial charge >= 0.3 is 41.9 Å². The van der Waals surface area contributed by atoms with Gasteiger partial charge in [-0.2, -0.15) is 0 Å². The number of rotatable bonds is 0. The Hall–Kier alpha value is 1.38. The van der Waals surface area contributed by atoms with Gasteiger partial charge in [0.15, 0.2) is 0 Å². The van der Waals surface area contributed by atoms with Crippen LogP contribution >= 0.6 is 0 Å². The molecule has 0 saturated carbocycles. The van der Waals surface area contributed by atoms with E-state index in [4.69, 9.17) is 4.46 Å². The topological polar surface area (TPSA) is 17.1 Å². The van der Waals surface area contributed by atoms with Crippen molar-refractivity contribution < 1.29 is 4.46 Å². The van der Waals surface area contributed by atoms with E-state index in [0.717, 1.165) is 0 Å². The molecule has 0 heterocycles. The summed E-state index contributed by atoms with van der Waals surface area (Å²) in [5.74, 6) is 0. The van der Waals surface area contributed by atoms with Crippen LogP contribution in [0, 0.1) is 0 Å². The van der Waals surface area contributed by atoms with Crippen LogP contribution in [0.2, 0.25) is 0 Å². The second-order valence-corrected chi connectivity index (χ2v) is 0. The van der Waals surface area contributed by atoms with Crippen molar-refractivity contribution in [1.82, 2.24) is 0 Å². The Morgan fingerprint density at radius 2 is 1.25 bits per heavy atom. The third-order valence-electron chi connectivity index (χ3n) is 0. The predicted molar refractivity (Wildman–Crippen MR) is 24.9 cm³/mol. The predicted octanol–water partition coefficient (Wildman–Crippen LogP) is -2.60. The van der Waals surface area contributed by atoms with Crippen molar-refractivity contribution in [3.8, 4) is 0 Å². The van der Waals surface area contributed by atoms with E-state index >= 15 is 0 Å². The second-order valence-electron chi connectivity index (χ2n) is 0. The Kier molecular flexibility index (Phi) is 120. The van der Waals surface area contributed by atoms with E-state index in [0.29, 0.717) is 10.1 Å². The molecule has 0 amide bonds. The normalized spacial score (nSPS) is 1.00. The Balaban J connectivity index is -0.00000000500. The minimum atomic E-state index is 0. The molecular weight excluding hydrogens is 75.3 g/mol. The number of hydrogen-bond acceptors (Lipinski definition) is 1. The summed E-state index contributed by atoms with van der Waals surface area (Å²) in [5, 5.41) is 0. The minimum absolute atomic E-state index is 0. The summed E-state index contributed by atoms with van der Waals surface area (Å²) in [6.07, 6.45) is 0. The van der Waals surface area contributed by atoms with E-state index < -0.39 is 0 Å².